The van der Waals surface area contributed by atoms with Gasteiger partial charge in [0.1, 0.15) is 5.82 Å². The fourth-order valence-corrected chi connectivity index (χ4v) is 3.66. The van der Waals surface area contributed by atoms with Crippen LogP contribution in [0.15, 0.2) is 12.1 Å². The van der Waals surface area contributed by atoms with Crippen molar-refractivity contribution < 1.29 is 8.60 Å². The first-order chi connectivity index (χ1) is 8.40. The zero-order valence-electron chi connectivity index (χ0n) is 9.87. The molecule has 18 heavy (non-hydrogen) atoms. The van der Waals surface area contributed by atoms with E-state index in [1.807, 2.05) is 34.1 Å². The molecule has 0 radical (unpaired) electrons. The first kappa shape index (κ1) is 14.1. The maximum absolute atomic E-state index is 13.6. The Bertz CT molecular complexity index is 679. The van der Waals surface area contributed by atoms with Gasteiger partial charge in [0.25, 0.3) is 0 Å². The van der Waals surface area contributed by atoms with E-state index in [0.29, 0.717) is 14.1 Å². The van der Waals surface area contributed by atoms with Crippen molar-refractivity contribution in [2.45, 2.75) is 13.0 Å². The molecule has 1 N–H and O–H groups in total. The molecular formula is C11H12FIN2OS2. The number of rotatable bonds is 3. The van der Waals surface area contributed by atoms with E-state index in [1.165, 1.54) is 6.07 Å². The van der Waals surface area contributed by atoms with Crippen molar-refractivity contribution in [1.82, 2.24) is 9.55 Å². The molecule has 3 nitrogen and oxygen atoms in total. The van der Waals surface area contributed by atoms with Gasteiger partial charge in [-0.2, -0.15) is 0 Å². The van der Waals surface area contributed by atoms with Crippen molar-refractivity contribution in [1.29, 1.82) is 0 Å². The van der Waals surface area contributed by atoms with Gasteiger partial charge in [0, 0.05) is 34.9 Å². The molecule has 0 saturated heterocycles. The average Bonchev–Trinajstić information content (AvgIpc) is 2.53. The minimum absolute atomic E-state index is 0.0310. The van der Waals surface area contributed by atoms with Crippen molar-refractivity contribution >= 4 is 56.6 Å². The van der Waals surface area contributed by atoms with Crippen molar-refractivity contribution in [3.05, 3.63) is 26.3 Å². The van der Waals surface area contributed by atoms with Crippen LogP contribution in [0, 0.1) is 14.2 Å². The van der Waals surface area contributed by atoms with Crippen LogP contribution < -0.4 is 0 Å². The Kier molecular flexibility index (Phi) is 4.22. The molecule has 0 amide bonds. The zero-order chi connectivity index (χ0) is 13.4. The predicted molar refractivity (Wildman–Crippen MR) is 83.4 cm³/mol. The highest BCUT2D eigenvalue weighted by atomic mass is 127. The molecule has 0 aliphatic heterocycles. The Morgan fingerprint density at radius 2 is 2.28 bits per heavy atom. The lowest BCUT2D eigenvalue weighted by atomic mass is 10.3. The Balaban J connectivity index is 2.63. The van der Waals surface area contributed by atoms with Gasteiger partial charge in [0.05, 0.1) is 14.6 Å². The van der Waals surface area contributed by atoms with Gasteiger partial charge in [-0.05, 0) is 47.8 Å². The summed E-state index contributed by atoms with van der Waals surface area (Å²) in [4.78, 5) is 3.06. The Labute approximate surface area is 125 Å². The number of hydrogen-bond acceptors (Lipinski definition) is 2. The number of benzene rings is 1. The van der Waals surface area contributed by atoms with E-state index in [-0.39, 0.29) is 11.9 Å². The van der Waals surface area contributed by atoms with Gasteiger partial charge in [-0.25, -0.2) is 4.39 Å². The summed E-state index contributed by atoms with van der Waals surface area (Å²) in [6, 6.07) is 3.17. The molecule has 1 aromatic carbocycles. The average molecular weight is 398 g/mol. The molecule has 2 rings (SSSR count). The van der Waals surface area contributed by atoms with E-state index in [4.69, 9.17) is 12.2 Å². The largest absolute Gasteiger partial charge is 0.331 e. The van der Waals surface area contributed by atoms with Crippen molar-refractivity contribution in [2.75, 3.05) is 12.0 Å². The zero-order valence-corrected chi connectivity index (χ0v) is 13.7. The number of aromatic nitrogens is 2. The molecule has 2 unspecified atom stereocenters. The van der Waals surface area contributed by atoms with Crippen LogP contribution in [0.5, 0.6) is 0 Å². The second-order valence-corrected chi connectivity index (χ2v) is 7.20. The number of hydrogen-bond donors (Lipinski definition) is 1. The smallest absolute Gasteiger partial charge is 0.178 e. The number of imidazole rings is 1. The third-order valence-electron chi connectivity index (χ3n) is 2.68. The molecule has 0 bridgehead atoms. The van der Waals surface area contributed by atoms with E-state index in [0.717, 1.165) is 11.0 Å². The quantitative estimate of drug-likeness (QED) is 0.636. The molecule has 1 aromatic heterocycles. The van der Waals surface area contributed by atoms with E-state index in [2.05, 4.69) is 4.98 Å². The van der Waals surface area contributed by atoms with E-state index >= 15 is 0 Å². The van der Waals surface area contributed by atoms with Crippen LogP contribution >= 0.6 is 34.8 Å². The second kappa shape index (κ2) is 5.38. The highest BCUT2D eigenvalue weighted by Gasteiger charge is 2.14. The fraction of sp³-hybridized carbons (Fsp3) is 0.364. The molecule has 2 aromatic rings. The lowest BCUT2D eigenvalue weighted by Gasteiger charge is -2.13. The molecule has 2 atom stereocenters. The standard InChI is InChI=1S/C11H12FIN2OS2/c1-6(5-18(2)16)15-10-3-7(12)8(13)4-9(10)14-11(15)17/h3-4,6H,5H2,1-2H3,(H,14,17). The molecule has 0 aliphatic carbocycles. The predicted octanol–water partition coefficient (Wildman–Crippen LogP) is 3.38. The van der Waals surface area contributed by atoms with Gasteiger partial charge < -0.3 is 9.55 Å². The maximum Gasteiger partial charge on any atom is 0.178 e. The van der Waals surface area contributed by atoms with Crippen LogP contribution in [-0.2, 0) is 10.8 Å². The summed E-state index contributed by atoms with van der Waals surface area (Å²) in [6.45, 7) is 1.93. The molecule has 7 heteroatoms. The molecule has 0 spiro atoms. The summed E-state index contributed by atoms with van der Waals surface area (Å²) in [5, 5.41) is 0. The van der Waals surface area contributed by atoms with Crippen LogP contribution in [0.2, 0.25) is 0 Å². The first-order valence-electron chi connectivity index (χ1n) is 5.29. The topological polar surface area (TPSA) is 37.8 Å². The lowest BCUT2D eigenvalue weighted by molar-refractivity contribution is 0.599. The van der Waals surface area contributed by atoms with Crippen molar-refractivity contribution in [2.24, 2.45) is 0 Å². The van der Waals surface area contributed by atoms with E-state index in [9.17, 15) is 8.60 Å². The number of H-pyrrole nitrogens is 1. The molecule has 0 aliphatic rings. The first-order valence-corrected chi connectivity index (χ1v) is 8.51. The summed E-state index contributed by atoms with van der Waals surface area (Å²) in [5.41, 5.74) is 1.52. The van der Waals surface area contributed by atoms with Gasteiger partial charge in [-0.3, -0.25) is 4.21 Å². The number of fused-ring (bicyclic) bond motifs is 1. The summed E-state index contributed by atoms with van der Waals surface area (Å²) in [6.07, 6.45) is 1.65. The molecule has 98 valence electrons. The third-order valence-corrected chi connectivity index (χ3v) is 4.75. The van der Waals surface area contributed by atoms with E-state index in [1.54, 1.807) is 12.3 Å². The number of aromatic amines is 1. The van der Waals surface area contributed by atoms with Crippen LogP contribution in [0.25, 0.3) is 11.0 Å². The number of nitrogens with one attached hydrogen (secondary N) is 1. The molecule has 1 heterocycles. The Morgan fingerprint density at radius 3 is 2.89 bits per heavy atom. The third kappa shape index (κ3) is 2.67. The minimum Gasteiger partial charge on any atom is -0.331 e. The summed E-state index contributed by atoms with van der Waals surface area (Å²) < 4.78 is 27.8. The fourth-order valence-electron chi connectivity index (χ4n) is 1.97. The van der Waals surface area contributed by atoms with Gasteiger partial charge in [0.2, 0.25) is 0 Å². The maximum atomic E-state index is 13.6. The second-order valence-electron chi connectivity index (χ2n) is 4.17. The van der Waals surface area contributed by atoms with Crippen molar-refractivity contribution in [3.63, 3.8) is 0 Å². The SMILES string of the molecule is CC(CS(C)=O)n1c(=S)[nH]c2cc(I)c(F)cc21. The molecular weight excluding hydrogens is 386 g/mol. The van der Waals surface area contributed by atoms with Gasteiger partial charge in [0.15, 0.2) is 4.77 Å². The van der Waals surface area contributed by atoms with Gasteiger partial charge in [-0.1, -0.05) is 0 Å². The Morgan fingerprint density at radius 1 is 1.61 bits per heavy atom. The van der Waals surface area contributed by atoms with E-state index < -0.39 is 10.8 Å². The highest BCUT2D eigenvalue weighted by Crippen LogP contribution is 2.23. The van der Waals surface area contributed by atoms with Crippen LogP contribution in [0.4, 0.5) is 4.39 Å². The minimum atomic E-state index is -0.917. The summed E-state index contributed by atoms with van der Waals surface area (Å²) in [7, 11) is -0.917. The van der Waals surface area contributed by atoms with Crippen molar-refractivity contribution in [3.8, 4) is 0 Å². The highest BCUT2D eigenvalue weighted by molar-refractivity contribution is 14.1. The summed E-state index contributed by atoms with van der Waals surface area (Å²) >= 11 is 7.20. The number of halogens is 2. The molecule has 0 fully saturated rings. The summed E-state index contributed by atoms with van der Waals surface area (Å²) in [5.74, 6) is 0.227. The number of nitrogens with zero attached hydrogens (tertiary/aromatic N) is 1. The Hall–Kier alpha value is -0.280. The van der Waals surface area contributed by atoms with Crippen LogP contribution in [0.3, 0.4) is 0 Å². The van der Waals surface area contributed by atoms with Gasteiger partial charge >= 0.3 is 0 Å². The van der Waals surface area contributed by atoms with Gasteiger partial charge in [-0.15, -0.1) is 0 Å². The monoisotopic (exact) mass is 398 g/mol. The lowest BCUT2D eigenvalue weighted by Crippen LogP contribution is -2.13. The van der Waals surface area contributed by atoms with Crippen LogP contribution in [-0.4, -0.2) is 25.8 Å². The van der Waals surface area contributed by atoms with Crippen LogP contribution in [0.1, 0.15) is 13.0 Å². The normalized spacial score (nSPS) is 14.9. The molecule has 0 saturated carbocycles.